The van der Waals surface area contributed by atoms with E-state index in [1.165, 1.54) is 18.5 Å². The van der Waals surface area contributed by atoms with Crippen LogP contribution in [0.25, 0.3) is 0 Å². The molecule has 1 nitrogen and oxygen atoms in total. The lowest BCUT2D eigenvalue weighted by Gasteiger charge is -1.86. The summed E-state index contributed by atoms with van der Waals surface area (Å²) in [7, 11) is 0. The van der Waals surface area contributed by atoms with Gasteiger partial charge in [-0.3, -0.25) is 4.98 Å². The molecule has 1 rings (SSSR count). The molecule has 0 aliphatic rings. The molecule has 0 aromatic carbocycles. The largest absolute Gasteiger partial charge is 0.263 e. The van der Waals surface area contributed by atoms with Gasteiger partial charge in [0.05, 0.1) is 4.47 Å². The molecule has 0 atom stereocenters. The number of aromatic nitrogens is 1. The molecule has 0 unspecified atom stereocenters. The van der Waals surface area contributed by atoms with E-state index in [4.69, 9.17) is 0 Å². The van der Waals surface area contributed by atoms with Gasteiger partial charge in [-0.1, -0.05) is 0 Å². The number of pyridine rings is 1. The van der Waals surface area contributed by atoms with Crippen molar-refractivity contribution in [3.8, 4) is 0 Å². The normalized spacial score (nSPS) is 9.25. The van der Waals surface area contributed by atoms with Crippen LogP contribution < -0.4 is 0 Å². The van der Waals surface area contributed by atoms with Crippen LogP contribution in [0.2, 0.25) is 0 Å². The van der Waals surface area contributed by atoms with Crippen molar-refractivity contribution in [2.45, 2.75) is 0 Å². The molecule has 1 aromatic heterocycles. The lowest BCUT2D eigenvalue weighted by molar-refractivity contribution is 0.618. The van der Waals surface area contributed by atoms with Crippen LogP contribution in [0.4, 0.5) is 4.39 Å². The molecule has 0 fully saturated rings. The summed E-state index contributed by atoms with van der Waals surface area (Å²) in [6, 6.07) is 1.30. The zero-order valence-corrected chi connectivity index (χ0v) is 5.52. The van der Waals surface area contributed by atoms with Gasteiger partial charge in [-0.25, -0.2) is 4.39 Å². The molecule has 3 heteroatoms. The summed E-state index contributed by atoms with van der Waals surface area (Å²) in [5.41, 5.74) is 0. The Hall–Kier alpha value is -0.440. The molecule has 0 bridgehead atoms. The Morgan fingerprint density at radius 1 is 1.62 bits per heavy atom. The van der Waals surface area contributed by atoms with Crippen LogP contribution in [0.1, 0.15) is 0 Å². The Morgan fingerprint density at radius 2 is 2.38 bits per heavy atom. The lowest BCUT2D eigenvalue weighted by atomic mass is 10.5. The van der Waals surface area contributed by atoms with Crippen LogP contribution in [0.15, 0.2) is 22.9 Å². The molecule has 8 heavy (non-hydrogen) atoms. The van der Waals surface area contributed by atoms with Gasteiger partial charge in [0.2, 0.25) is 0 Å². The van der Waals surface area contributed by atoms with E-state index in [0.717, 1.165) is 0 Å². The van der Waals surface area contributed by atoms with E-state index in [2.05, 4.69) is 20.9 Å². The van der Waals surface area contributed by atoms with E-state index < -0.39 is 0 Å². The van der Waals surface area contributed by atoms with Gasteiger partial charge in [-0.05, 0) is 22.0 Å². The van der Waals surface area contributed by atoms with Gasteiger partial charge in [-0.2, -0.15) is 0 Å². The Labute approximate surface area is 54.7 Å². The van der Waals surface area contributed by atoms with Crippen LogP contribution in [-0.2, 0) is 0 Å². The number of hydrogen-bond acceptors (Lipinski definition) is 1. The summed E-state index contributed by atoms with van der Waals surface area (Å²) in [4.78, 5) is 3.66. The van der Waals surface area contributed by atoms with E-state index >= 15 is 0 Å². The molecule has 0 saturated heterocycles. The molecule has 1 aromatic rings. The molecule has 0 aliphatic heterocycles. The fourth-order valence-corrected chi connectivity index (χ4v) is 0.609. The van der Waals surface area contributed by atoms with Crippen molar-refractivity contribution in [3.05, 3.63) is 28.7 Å². The third-order valence-electron chi connectivity index (χ3n) is 0.723. The first kappa shape index (κ1) is 5.69. The van der Waals surface area contributed by atoms with Crippen molar-refractivity contribution in [2.75, 3.05) is 0 Å². The van der Waals surface area contributed by atoms with Crippen LogP contribution in [-0.4, -0.2) is 4.98 Å². The number of nitrogens with zero attached hydrogens (tertiary/aromatic N) is 1. The second kappa shape index (κ2) is 2.22. The minimum Gasteiger partial charge on any atom is -0.263 e. The summed E-state index contributed by atoms with van der Waals surface area (Å²) in [6.45, 7) is 0. The minimum atomic E-state index is -0.278. The third kappa shape index (κ3) is 1.04. The van der Waals surface area contributed by atoms with Gasteiger partial charge in [0.1, 0.15) is 5.82 Å². The van der Waals surface area contributed by atoms with E-state index in [1.807, 2.05) is 0 Å². The summed E-state index contributed by atoms with van der Waals surface area (Å²) in [5, 5.41) is 0. The standard InChI is InChI=1S/C5H3BrFN/c6-4-3-8-2-1-5(4)7/h1-3H. The highest BCUT2D eigenvalue weighted by molar-refractivity contribution is 9.10. The number of hydrogen-bond donors (Lipinski definition) is 0. The first-order valence-electron chi connectivity index (χ1n) is 2.06. The SMILES string of the molecule is Fc1ccncc1Br. The summed E-state index contributed by atoms with van der Waals surface area (Å²) < 4.78 is 12.6. The van der Waals surface area contributed by atoms with E-state index in [1.54, 1.807) is 0 Å². The van der Waals surface area contributed by atoms with Gasteiger partial charge in [0, 0.05) is 12.4 Å². The van der Waals surface area contributed by atoms with Crippen molar-refractivity contribution < 1.29 is 4.39 Å². The van der Waals surface area contributed by atoms with Crippen LogP contribution in [0.3, 0.4) is 0 Å². The molecule has 0 N–H and O–H groups in total. The van der Waals surface area contributed by atoms with E-state index in [0.29, 0.717) is 4.47 Å². The molecule has 0 saturated carbocycles. The zero-order valence-electron chi connectivity index (χ0n) is 3.94. The highest BCUT2D eigenvalue weighted by atomic mass is 79.9. The maximum atomic E-state index is 12.2. The van der Waals surface area contributed by atoms with E-state index in [9.17, 15) is 4.39 Å². The number of rotatable bonds is 0. The summed E-state index contributed by atoms with van der Waals surface area (Å²) in [5.74, 6) is -0.278. The van der Waals surface area contributed by atoms with Gasteiger partial charge in [0.15, 0.2) is 0 Å². The highest BCUT2D eigenvalue weighted by Gasteiger charge is 1.92. The summed E-state index contributed by atoms with van der Waals surface area (Å²) >= 11 is 2.96. The fourth-order valence-electron chi connectivity index (χ4n) is 0.358. The second-order valence-corrected chi connectivity index (χ2v) is 2.14. The Morgan fingerprint density at radius 3 is 2.75 bits per heavy atom. The van der Waals surface area contributed by atoms with Crippen molar-refractivity contribution >= 4 is 15.9 Å². The third-order valence-corrected chi connectivity index (χ3v) is 1.31. The van der Waals surface area contributed by atoms with Gasteiger partial charge < -0.3 is 0 Å². The molecule has 0 amide bonds. The predicted molar refractivity (Wildman–Crippen MR) is 31.9 cm³/mol. The molecule has 0 spiro atoms. The second-order valence-electron chi connectivity index (χ2n) is 1.29. The quantitative estimate of drug-likeness (QED) is 0.588. The molecule has 0 aliphatic carbocycles. The van der Waals surface area contributed by atoms with Crippen LogP contribution in [0.5, 0.6) is 0 Å². The first-order chi connectivity index (χ1) is 3.80. The maximum absolute atomic E-state index is 12.2. The zero-order chi connectivity index (χ0) is 5.98. The average molecular weight is 176 g/mol. The number of halogens is 2. The molecular formula is C5H3BrFN. The maximum Gasteiger partial charge on any atom is 0.140 e. The van der Waals surface area contributed by atoms with Crippen molar-refractivity contribution in [1.82, 2.24) is 4.98 Å². The van der Waals surface area contributed by atoms with Gasteiger partial charge >= 0.3 is 0 Å². The monoisotopic (exact) mass is 175 g/mol. The Kier molecular flexibility index (Phi) is 1.58. The molecule has 1 heterocycles. The Balaban J connectivity index is 3.13. The van der Waals surface area contributed by atoms with Crippen molar-refractivity contribution in [2.24, 2.45) is 0 Å². The van der Waals surface area contributed by atoms with Crippen molar-refractivity contribution in [3.63, 3.8) is 0 Å². The highest BCUT2D eigenvalue weighted by Crippen LogP contribution is 2.10. The molecular weight excluding hydrogens is 173 g/mol. The average Bonchev–Trinajstić information content (AvgIpc) is 1.77. The topological polar surface area (TPSA) is 12.9 Å². The minimum absolute atomic E-state index is 0.278. The van der Waals surface area contributed by atoms with Crippen LogP contribution >= 0.6 is 15.9 Å². The van der Waals surface area contributed by atoms with E-state index in [-0.39, 0.29) is 5.82 Å². The molecule has 42 valence electrons. The first-order valence-corrected chi connectivity index (χ1v) is 2.85. The molecule has 0 radical (unpaired) electrons. The van der Waals surface area contributed by atoms with Gasteiger partial charge in [-0.15, -0.1) is 0 Å². The summed E-state index contributed by atoms with van der Waals surface area (Å²) in [6.07, 6.45) is 2.81. The predicted octanol–water partition coefficient (Wildman–Crippen LogP) is 1.98. The van der Waals surface area contributed by atoms with Gasteiger partial charge in [0.25, 0.3) is 0 Å². The van der Waals surface area contributed by atoms with Crippen molar-refractivity contribution in [1.29, 1.82) is 0 Å². The van der Waals surface area contributed by atoms with Crippen LogP contribution in [0, 0.1) is 5.82 Å². The fraction of sp³-hybridized carbons (Fsp3) is 0. The lowest BCUT2D eigenvalue weighted by Crippen LogP contribution is -1.75. The smallest absolute Gasteiger partial charge is 0.140 e. The Bertz CT molecular complexity index is 169.